The van der Waals surface area contributed by atoms with Crippen molar-refractivity contribution in [2.24, 2.45) is 0 Å². The Morgan fingerprint density at radius 2 is 1.12 bits per heavy atom. The van der Waals surface area contributed by atoms with Crippen LogP contribution in [0.25, 0.3) is 32.8 Å². The van der Waals surface area contributed by atoms with Crippen LogP contribution in [0.15, 0.2) is 91.0 Å². The molecular weight excluding hydrogens is 338 g/mol. The van der Waals surface area contributed by atoms with Gasteiger partial charge in [0.15, 0.2) is 0 Å². The van der Waals surface area contributed by atoms with Crippen molar-refractivity contribution in [3.05, 3.63) is 91.0 Å². The van der Waals surface area contributed by atoms with E-state index in [0.29, 0.717) is 0 Å². The lowest BCUT2D eigenvalue weighted by Gasteiger charge is -2.10. The minimum atomic E-state index is -0.194. The van der Waals surface area contributed by atoms with Crippen LogP contribution in [0.3, 0.4) is 0 Å². The van der Waals surface area contributed by atoms with Crippen LogP contribution in [-0.4, -0.2) is 0 Å². The summed E-state index contributed by atoms with van der Waals surface area (Å²) in [6.07, 6.45) is 1.22. The van der Waals surface area contributed by atoms with E-state index in [1.54, 1.807) is 5.30 Å². The summed E-state index contributed by atoms with van der Waals surface area (Å²) in [7, 11) is 1.29. The molecule has 0 saturated carbocycles. The van der Waals surface area contributed by atoms with Gasteiger partial charge in [0.2, 0.25) is 0 Å². The summed E-state index contributed by atoms with van der Waals surface area (Å²) in [6.45, 7) is 2.33. The van der Waals surface area contributed by atoms with Gasteiger partial charge in [-0.3, -0.25) is 0 Å². The van der Waals surface area contributed by atoms with Crippen molar-refractivity contribution in [1.82, 2.24) is 0 Å². The highest BCUT2D eigenvalue weighted by Crippen LogP contribution is 2.61. The van der Waals surface area contributed by atoms with Crippen molar-refractivity contribution in [1.29, 1.82) is 0 Å². The van der Waals surface area contributed by atoms with Crippen LogP contribution in [0, 0.1) is 0 Å². The number of benzene rings is 3. The second-order valence-electron chi connectivity index (χ2n) is 5.99. The average molecular weight is 358 g/mol. The molecule has 1 heterocycles. The van der Waals surface area contributed by atoms with E-state index in [0.717, 1.165) is 0 Å². The number of hydrogen-bond donors (Lipinski definition) is 0. The highest BCUT2D eigenvalue weighted by atomic mass is 31.9. The maximum absolute atomic E-state index is 2.33. The van der Waals surface area contributed by atoms with E-state index in [1.807, 2.05) is 0 Å². The molecule has 0 aliphatic heterocycles. The Balaban J connectivity index is 2.05. The van der Waals surface area contributed by atoms with Gasteiger partial charge in [0.1, 0.15) is 0 Å². The van der Waals surface area contributed by atoms with Gasteiger partial charge >= 0.3 is 0 Å². The molecule has 0 saturated heterocycles. The molecule has 3 aromatic carbocycles. The largest absolute Gasteiger partial charge is 0.0870 e. The Bertz CT molecular complexity index is 955. The Morgan fingerprint density at radius 3 is 1.64 bits per heavy atom. The lowest BCUT2D eigenvalue weighted by molar-refractivity contribution is 1.39. The Hall–Kier alpha value is -2.13. The second-order valence-corrected chi connectivity index (χ2v) is 10.6. The maximum atomic E-state index is 2.33. The standard InChI is InChI=1S/C23H20P2/c1-2-25-23(20-16-10-5-11-17-20)21(18-12-6-3-7-13-18)22(24-25)19-14-8-4-9-15-19/h3-17H,2H2,1H3. The molecule has 25 heavy (non-hydrogen) atoms. The van der Waals surface area contributed by atoms with Gasteiger partial charge in [-0.15, -0.1) is 0 Å². The molecule has 1 atom stereocenters. The van der Waals surface area contributed by atoms with E-state index < -0.39 is 0 Å². The van der Waals surface area contributed by atoms with Crippen molar-refractivity contribution in [2.45, 2.75) is 13.1 Å². The lowest BCUT2D eigenvalue weighted by Crippen LogP contribution is -1.83. The molecule has 0 amide bonds. The van der Waals surface area contributed by atoms with E-state index in [2.05, 4.69) is 97.9 Å². The van der Waals surface area contributed by atoms with E-state index in [1.165, 1.54) is 41.6 Å². The van der Waals surface area contributed by atoms with Gasteiger partial charge in [-0.05, 0) is 30.7 Å². The van der Waals surface area contributed by atoms with Gasteiger partial charge in [-0.25, -0.2) is 0 Å². The third-order valence-electron chi connectivity index (χ3n) is 4.41. The Morgan fingerprint density at radius 1 is 0.640 bits per heavy atom. The first kappa shape index (κ1) is 16.3. The van der Waals surface area contributed by atoms with Crippen LogP contribution in [0.4, 0.5) is 0 Å². The molecule has 4 aromatic rings. The molecule has 0 spiro atoms. The zero-order valence-electron chi connectivity index (χ0n) is 14.3. The van der Waals surface area contributed by atoms with Gasteiger partial charge in [-0.2, -0.15) is 0 Å². The zero-order valence-corrected chi connectivity index (χ0v) is 16.1. The van der Waals surface area contributed by atoms with Crippen molar-refractivity contribution in [2.75, 3.05) is 0 Å². The lowest BCUT2D eigenvalue weighted by atomic mass is 9.98. The van der Waals surface area contributed by atoms with E-state index in [9.17, 15) is 0 Å². The first-order chi connectivity index (χ1) is 12.4. The van der Waals surface area contributed by atoms with Crippen LogP contribution in [0.5, 0.6) is 0 Å². The fourth-order valence-corrected chi connectivity index (χ4v) is 8.44. The van der Waals surface area contributed by atoms with E-state index in [4.69, 9.17) is 0 Å². The third kappa shape index (κ3) is 3.21. The summed E-state index contributed by atoms with van der Waals surface area (Å²) in [5, 5.41) is 3.04. The molecule has 1 aromatic heterocycles. The SMILES string of the molecule is CCp1pc(-c2ccccc2)c(-c2ccccc2)c1-c1ccccc1. The van der Waals surface area contributed by atoms with Crippen molar-refractivity contribution in [3.8, 4) is 32.8 Å². The Kier molecular flexibility index (Phi) is 4.84. The fourth-order valence-electron chi connectivity index (χ4n) is 3.26. The molecule has 0 aliphatic rings. The van der Waals surface area contributed by atoms with Crippen LogP contribution in [0.1, 0.15) is 6.92 Å². The summed E-state index contributed by atoms with van der Waals surface area (Å²) in [5.74, 6) is 0. The quantitative estimate of drug-likeness (QED) is 0.344. The van der Waals surface area contributed by atoms with E-state index >= 15 is 0 Å². The van der Waals surface area contributed by atoms with Gasteiger partial charge in [0.05, 0.1) is 0 Å². The summed E-state index contributed by atoms with van der Waals surface area (Å²) in [4.78, 5) is 0. The highest BCUT2D eigenvalue weighted by molar-refractivity contribution is 8.03. The Labute approximate surface area is 152 Å². The first-order valence-electron chi connectivity index (χ1n) is 8.65. The van der Waals surface area contributed by atoms with Crippen molar-refractivity contribution >= 4 is 15.1 Å². The van der Waals surface area contributed by atoms with Crippen molar-refractivity contribution in [3.63, 3.8) is 0 Å². The van der Waals surface area contributed by atoms with Gasteiger partial charge in [0.25, 0.3) is 0 Å². The summed E-state index contributed by atoms with van der Waals surface area (Å²) < 4.78 is 0. The van der Waals surface area contributed by atoms with Gasteiger partial charge in [0, 0.05) is 16.2 Å². The first-order valence-corrected chi connectivity index (χ1v) is 11.8. The molecule has 1 unspecified atom stereocenters. The molecule has 0 bridgehead atoms. The van der Waals surface area contributed by atoms with Gasteiger partial charge < -0.3 is 0 Å². The predicted octanol–water partition coefficient (Wildman–Crippen LogP) is 8.27. The topological polar surface area (TPSA) is 0 Å². The molecule has 0 N–H and O–H groups in total. The second kappa shape index (κ2) is 7.40. The molecular formula is C23H20P2. The number of rotatable bonds is 4. The van der Waals surface area contributed by atoms with Crippen LogP contribution in [0.2, 0.25) is 0 Å². The van der Waals surface area contributed by atoms with Gasteiger partial charge in [-0.1, -0.05) is 105 Å². The van der Waals surface area contributed by atoms with Crippen molar-refractivity contribution < 1.29 is 0 Å². The molecule has 0 aliphatic carbocycles. The zero-order chi connectivity index (χ0) is 17.1. The van der Waals surface area contributed by atoms with Crippen LogP contribution >= 0.6 is 15.1 Å². The van der Waals surface area contributed by atoms with Crippen LogP contribution in [-0.2, 0) is 6.16 Å². The molecule has 0 nitrogen and oxygen atoms in total. The monoisotopic (exact) mass is 358 g/mol. The molecule has 0 radical (unpaired) electrons. The molecule has 0 fully saturated rings. The summed E-state index contributed by atoms with van der Waals surface area (Å²) in [6, 6.07) is 32.8. The minimum absolute atomic E-state index is 0.194. The highest BCUT2D eigenvalue weighted by Gasteiger charge is 2.20. The maximum Gasteiger partial charge on any atom is 0.0218 e. The molecule has 4 rings (SSSR count). The number of aryl methyl sites for hydroxylation is 1. The predicted molar refractivity (Wildman–Crippen MR) is 114 cm³/mol. The molecule has 122 valence electrons. The normalized spacial score (nSPS) is 11.8. The van der Waals surface area contributed by atoms with Crippen LogP contribution < -0.4 is 0 Å². The van der Waals surface area contributed by atoms with E-state index in [-0.39, 0.29) is 7.21 Å². The fraction of sp³-hybridized carbons (Fsp3) is 0.0870. The third-order valence-corrected chi connectivity index (χ3v) is 9.70. The minimum Gasteiger partial charge on any atom is -0.0870 e. The smallest absolute Gasteiger partial charge is 0.0218 e. The summed E-state index contributed by atoms with van der Waals surface area (Å²) >= 11 is 0. The average Bonchev–Trinajstić information content (AvgIpc) is 3.10. The molecule has 2 heteroatoms. The summed E-state index contributed by atoms with van der Waals surface area (Å²) in [5.41, 5.74) is 5.53. The number of hydrogen-bond acceptors (Lipinski definition) is 0.